The summed E-state index contributed by atoms with van der Waals surface area (Å²) in [6.45, 7) is 1.83. The molecule has 0 bridgehead atoms. The molecule has 0 atom stereocenters. The van der Waals surface area contributed by atoms with Gasteiger partial charge in [-0.3, -0.25) is 0 Å². The molecule has 0 radical (unpaired) electrons. The highest BCUT2D eigenvalue weighted by Gasteiger charge is 2.08. The van der Waals surface area contributed by atoms with Crippen molar-refractivity contribution in [2.75, 3.05) is 5.32 Å². The summed E-state index contributed by atoms with van der Waals surface area (Å²) in [6, 6.07) is 23.9. The van der Waals surface area contributed by atoms with Crippen molar-refractivity contribution >= 4 is 33.4 Å². The van der Waals surface area contributed by atoms with Gasteiger partial charge in [0.1, 0.15) is 5.75 Å². The number of carbonyl (C=O) groups is 1. The minimum Gasteiger partial charge on any atom is -0.455 e. The molecule has 0 aliphatic carbocycles. The summed E-state index contributed by atoms with van der Waals surface area (Å²) < 4.78 is 6.82. The number of ether oxygens (including phenoxy) is 1. The predicted octanol–water partition coefficient (Wildman–Crippen LogP) is 5.79. The summed E-state index contributed by atoms with van der Waals surface area (Å²) in [4.78, 5) is 12.2. The molecule has 0 spiro atoms. The number of benzene rings is 3. The Bertz CT molecular complexity index is 941. The zero-order valence-corrected chi connectivity index (χ0v) is 16.2. The Balaban J connectivity index is 1.66. The lowest BCUT2D eigenvalue weighted by atomic mass is 10.1. The first-order valence-electron chi connectivity index (χ1n) is 8.31. The van der Waals surface area contributed by atoms with Crippen LogP contribution in [0.5, 0.6) is 11.5 Å². The van der Waals surface area contributed by atoms with E-state index in [-0.39, 0.29) is 0 Å². The second-order valence-corrected chi connectivity index (χ2v) is 6.60. The number of hydrazone groups is 1. The molecule has 3 rings (SSSR count). The van der Waals surface area contributed by atoms with Crippen LogP contribution in [0.1, 0.15) is 12.5 Å². The molecule has 0 saturated carbocycles. The maximum Gasteiger partial charge on any atom is 0.339 e. The van der Waals surface area contributed by atoms with E-state index in [1.165, 1.54) is 0 Å². The summed E-state index contributed by atoms with van der Waals surface area (Å²) in [5, 5.41) is 6.89. The molecule has 0 fully saturated rings. The van der Waals surface area contributed by atoms with Crippen molar-refractivity contribution in [1.82, 2.24) is 5.43 Å². The topological polar surface area (TPSA) is 62.7 Å². The Morgan fingerprint density at radius 1 is 0.926 bits per heavy atom. The number of hydrogen-bond donors (Lipinski definition) is 2. The van der Waals surface area contributed by atoms with E-state index in [2.05, 4.69) is 31.8 Å². The summed E-state index contributed by atoms with van der Waals surface area (Å²) in [6.07, 6.45) is 0. The van der Waals surface area contributed by atoms with E-state index >= 15 is 0 Å². The first kappa shape index (κ1) is 18.7. The Morgan fingerprint density at radius 2 is 1.59 bits per heavy atom. The zero-order chi connectivity index (χ0) is 19.1. The number of hydrogen-bond acceptors (Lipinski definition) is 3. The molecular weight excluding hydrogens is 406 g/mol. The lowest BCUT2D eigenvalue weighted by Gasteiger charge is -2.12. The van der Waals surface area contributed by atoms with Crippen LogP contribution in [0, 0.1) is 0 Å². The van der Waals surface area contributed by atoms with Crippen LogP contribution in [-0.4, -0.2) is 11.7 Å². The van der Waals surface area contributed by atoms with Crippen molar-refractivity contribution in [3.8, 4) is 11.5 Å². The van der Waals surface area contributed by atoms with Gasteiger partial charge in [0.15, 0.2) is 5.75 Å². The molecule has 2 amide bonds. The van der Waals surface area contributed by atoms with Gasteiger partial charge in [0, 0.05) is 4.47 Å². The van der Waals surface area contributed by atoms with Crippen molar-refractivity contribution < 1.29 is 9.53 Å². The van der Waals surface area contributed by atoms with E-state index in [9.17, 15) is 4.79 Å². The predicted molar refractivity (Wildman–Crippen MR) is 111 cm³/mol. The van der Waals surface area contributed by atoms with Crippen LogP contribution in [0.15, 0.2) is 88.4 Å². The molecule has 3 aromatic rings. The standard InChI is InChI=1S/C21H18BrN3O2/c1-15(16-11-13-17(22)14-12-16)24-25-21(26)23-19-9-5-6-10-20(19)27-18-7-3-2-4-8-18/h2-14H,1H3,(H2,23,25,26)/b24-15+. The van der Waals surface area contributed by atoms with Crippen LogP contribution >= 0.6 is 15.9 Å². The lowest BCUT2D eigenvalue weighted by molar-refractivity contribution is 0.252. The first-order chi connectivity index (χ1) is 13.1. The Kier molecular flexibility index (Phi) is 6.22. The second-order valence-electron chi connectivity index (χ2n) is 5.68. The van der Waals surface area contributed by atoms with Gasteiger partial charge in [0.05, 0.1) is 11.4 Å². The Morgan fingerprint density at radius 3 is 2.33 bits per heavy atom. The highest BCUT2D eigenvalue weighted by atomic mass is 79.9. The van der Waals surface area contributed by atoms with Gasteiger partial charge < -0.3 is 10.1 Å². The van der Waals surface area contributed by atoms with Gasteiger partial charge in [0.25, 0.3) is 0 Å². The number of rotatable bonds is 5. The van der Waals surface area contributed by atoms with Gasteiger partial charge in [0.2, 0.25) is 0 Å². The number of nitrogens with one attached hydrogen (secondary N) is 2. The van der Waals surface area contributed by atoms with Gasteiger partial charge in [-0.1, -0.05) is 58.4 Å². The molecule has 136 valence electrons. The third-order valence-corrected chi connectivity index (χ3v) is 4.22. The Hall–Kier alpha value is -3.12. The summed E-state index contributed by atoms with van der Waals surface area (Å²) in [5.41, 5.74) is 4.68. The van der Waals surface area contributed by atoms with E-state index < -0.39 is 6.03 Å². The highest BCUT2D eigenvalue weighted by molar-refractivity contribution is 9.10. The summed E-state index contributed by atoms with van der Waals surface area (Å²) in [7, 11) is 0. The Labute approximate surface area is 166 Å². The average molecular weight is 424 g/mol. The van der Waals surface area contributed by atoms with Crippen molar-refractivity contribution in [3.63, 3.8) is 0 Å². The van der Waals surface area contributed by atoms with Crippen LogP contribution < -0.4 is 15.5 Å². The largest absolute Gasteiger partial charge is 0.455 e. The fourth-order valence-electron chi connectivity index (χ4n) is 2.31. The number of para-hydroxylation sites is 3. The smallest absolute Gasteiger partial charge is 0.339 e. The van der Waals surface area contributed by atoms with Crippen LogP contribution in [0.3, 0.4) is 0 Å². The van der Waals surface area contributed by atoms with E-state index in [1.807, 2.05) is 73.7 Å². The normalized spacial score (nSPS) is 11.0. The van der Waals surface area contributed by atoms with Gasteiger partial charge in [-0.15, -0.1) is 0 Å². The maximum absolute atomic E-state index is 12.2. The fourth-order valence-corrected chi connectivity index (χ4v) is 2.58. The van der Waals surface area contributed by atoms with Crippen LogP contribution in [0.2, 0.25) is 0 Å². The molecule has 0 aliphatic rings. The van der Waals surface area contributed by atoms with E-state index in [4.69, 9.17) is 4.74 Å². The average Bonchev–Trinajstić information content (AvgIpc) is 2.69. The lowest BCUT2D eigenvalue weighted by Crippen LogP contribution is -2.25. The third kappa shape index (κ3) is 5.43. The molecule has 2 N–H and O–H groups in total. The van der Waals surface area contributed by atoms with E-state index in [1.54, 1.807) is 12.1 Å². The van der Waals surface area contributed by atoms with Crippen molar-refractivity contribution in [2.24, 2.45) is 5.10 Å². The fraction of sp³-hybridized carbons (Fsp3) is 0.0476. The van der Waals surface area contributed by atoms with Crippen molar-refractivity contribution in [1.29, 1.82) is 0 Å². The van der Waals surface area contributed by atoms with Gasteiger partial charge >= 0.3 is 6.03 Å². The maximum atomic E-state index is 12.2. The quantitative estimate of drug-likeness (QED) is 0.403. The molecule has 6 heteroatoms. The molecule has 5 nitrogen and oxygen atoms in total. The monoisotopic (exact) mass is 423 g/mol. The number of amides is 2. The second kappa shape index (κ2) is 9.00. The number of urea groups is 1. The summed E-state index contributed by atoms with van der Waals surface area (Å²) in [5.74, 6) is 1.24. The SMILES string of the molecule is C/C(=N\NC(=O)Nc1ccccc1Oc1ccccc1)c1ccc(Br)cc1. The minimum atomic E-state index is -0.449. The number of anilines is 1. The van der Waals surface area contributed by atoms with Crippen molar-refractivity contribution in [3.05, 3.63) is 88.9 Å². The van der Waals surface area contributed by atoms with E-state index in [0.717, 1.165) is 10.0 Å². The molecule has 3 aromatic carbocycles. The van der Waals surface area contributed by atoms with Crippen LogP contribution in [0.25, 0.3) is 0 Å². The molecular formula is C21H18BrN3O2. The van der Waals surface area contributed by atoms with Gasteiger partial charge in [-0.05, 0) is 48.9 Å². The van der Waals surface area contributed by atoms with Gasteiger partial charge in [-0.2, -0.15) is 5.10 Å². The minimum absolute atomic E-state index is 0.449. The van der Waals surface area contributed by atoms with Crippen LogP contribution in [0.4, 0.5) is 10.5 Å². The first-order valence-corrected chi connectivity index (χ1v) is 9.10. The van der Waals surface area contributed by atoms with E-state index in [0.29, 0.717) is 22.9 Å². The summed E-state index contributed by atoms with van der Waals surface area (Å²) >= 11 is 3.39. The number of halogens is 1. The number of nitrogens with zero attached hydrogens (tertiary/aromatic N) is 1. The third-order valence-electron chi connectivity index (χ3n) is 3.69. The van der Waals surface area contributed by atoms with Crippen LogP contribution in [-0.2, 0) is 0 Å². The van der Waals surface area contributed by atoms with Gasteiger partial charge in [-0.25, -0.2) is 10.2 Å². The molecule has 0 saturated heterocycles. The molecule has 0 unspecified atom stereocenters. The molecule has 0 aliphatic heterocycles. The van der Waals surface area contributed by atoms with Crippen molar-refractivity contribution in [2.45, 2.75) is 6.92 Å². The zero-order valence-electron chi connectivity index (χ0n) is 14.6. The molecule has 0 heterocycles. The molecule has 27 heavy (non-hydrogen) atoms. The molecule has 0 aromatic heterocycles. The highest BCUT2D eigenvalue weighted by Crippen LogP contribution is 2.28. The number of carbonyl (C=O) groups excluding carboxylic acids is 1.